The van der Waals surface area contributed by atoms with Gasteiger partial charge in [-0.25, -0.2) is 0 Å². The maximum Gasteiger partial charge on any atom is 0.269 e. The molecule has 1 N–H and O–H groups in total. The molecule has 0 aromatic heterocycles. The molecule has 0 fully saturated rings. The minimum atomic E-state index is -4.41. The molecule has 0 atom stereocenters. The van der Waals surface area contributed by atoms with Gasteiger partial charge in [0, 0.05) is 17.7 Å². The second kappa shape index (κ2) is 4.78. The maximum absolute atomic E-state index is 11.0. The van der Waals surface area contributed by atoms with Crippen molar-refractivity contribution < 1.29 is 22.7 Å². The van der Waals surface area contributed by atoms with Gasteiger partial charge in [-0.3, -0.25) is 19.5 Å². The number of benzene rings is 1. The summed E-state index contributed by atoms with van der Waals surface area (Å²) in [5.74, 6) is -0.914. The summed E-state index contributed by atoms with van der Waals surface area (Å²) in [7, 11) is -4.41. The van der Waals surface area contributed by atoms with E-state index in [1.807, 2.05) is 0 Å². The SMILES string of the molecule is O=C(Cl)c1ccc([N+](=O)[O-])cc1CS(=O)(=O)O. The Labute approximate surface area is 101 Å². The fourth-order valence-electron chi connectivity index (χ4n) is 1.20. The monoisotopic (exact) mass is 279 g/mol. The van der Waals surface area contributed by atoms with E-state index in [0.29, 0.717) is 0 Å². The number of nitro benzene ring substituents is 1. The van der Waals surface area contributed by atoms with Crippen molar-refractivity contribution in [3.63, 3.8) is 0 Å². The van der Waals surface area contributed by atoms with E-state index in [1.54, 1.807) is 0 Å². The van der Waals surface area contributed by atoms with E-state index in [9.17, 15) is 23.3 Å². The second-order valence-electron chi connectivity index (χ2n) is 3.10. The average Bonchev–Trinajstić information content (AvgIpc) is 2.14. The van der Waals surface area contributed by atoms with E-state index in [-0.39, 0.29) is 11.1 Å². The van der Waals surface area contributed by atoms with Crippen LogP contribution in [0, 0.1) is 10.1 Å². The summed E-state index contributed by atoms with van der Waals surface area (Å²) < 4.78 is 30.0. The van der Waals surface area contributed by atoms with E-state index in [1.165, 1.54) is 0 Å². The lowest BCUT2D eigenvalue weighted by Gasteiger charge is -2.03. The molecule has 0 saturated heterocycles. The number of rotatable bonds is 4. The number of hydrogen-bond acceptors (Lipinski definition) is 5. The molecule has 0 unspecified atom stereocenters. The Balaban J connectivity index is 3.35. The van der Waals surface area contributed by atoms with Crippen LogP contribution < -0.4 is 0 Å². The molecule has 1 aromatic carbocycles. The van der Waals surface area contributed by atoms with Crippen molar-refractivity contribution in [2.24, 2.45) is 0 Å². The third-order valence-corrected chi connectivity index (χ3v) is 2.73. The van der Waals surface area contributed by atoms with Gasteiger partial charge in [0.15, 0.2) is 0 Å². The van der Waals surface area contributed by atoms with E-state index >= 15 is 0 Å². The summed E-state index contributed by atoms with van der Waals surface area (Å²) in [4.78, 5) is 20.7. The standard InChI is InChI=1S/C8H6ClNO6S/c9-8(11)7-2-1-6(10(12)13)3-5(7)4-17(14,15)16/h1-3H,4H2,(H,14,15,16). The van der Waals surface area contributed by atoms with Crippen LogP contribution in [0.5, 0.6) is 0 Å². The Morgan fingerprint density at radius 2 is 2.06 bits per heavy atom. The average molecular weight is 280 g/mol. The van der Waals surface area contributed by atoms with Crippen LogP contribution in [0.3, 0.4) is 0 Å². The lowest BCUT2D eigenvalue weighted by atomic mass is 10.1. The van der Waals surface area contributed by atoms with Crippen LogP contribution >= 0.6 is 11.6 Å². The van der Waals surface area contributed by atoms with Crippen molar-refractivity contribution in [3.8, 4) is 0 Å². The summed E-state index contributed by atoms with van der Waals surface area (Å²) in [6.45, 7) is 0. The van der Waals surface area contributed by atoms with E-state index in [0.717, 1.165) is 18.2 Å². The molecule has 0 spiro atoms. The zero-order valence-corrected chi connectivity index (χ0v) is 9.73. The molecule has 0 aliphatic rings. The highest BCUT2D eigenvalue weighted by Crippen LogP contribution is 2.21. The van der Waals surface area contributed by atoms with Crippen molar-refractivity contribution in [2.45, 2.75) is 5.75 Å². The fraction of sp³-hybridized carbons (Fsp3) is 0.125. The van der Waals surface area contributed by atoms with Gasteiger partial charge >= 0.3 is 0 Å². The highest BCUT2D eigenvalue weighted by Gasteiger charge is 2.18. The molecule has 7 nitrogen and oxygen atoms in total. The number of nitro groups is 1. The van der Waals surface area contributed by atoms with E-state index < -0.39 is 31.7 Å². The van der Waals surface area contributed by atoms with Crippen molar-refractivity contribution in [1.29, 1.82) is 0 Å². The van der Waals surface area contributed by atoms with Crippen LogP contribution in [0.15, 0.2) is 18.2 Å². The summed E-state index contributed by atoms with van der Waals surface area (Å²) >= 11 is 5.18. The first-order valence-electron chi connectivity index (χ1n) is 4.13. The summed E-state index contributed by atoms with van der Waals surface area (Å²) in [5, 5.41) is 9.52. The minimum Gasteiger partial charge on any atom is -0.285 e. The molecule has 0 saturated carbocycles. The number of halogens is 1. The molecule has 0 aliphatic heterocycles. The molecule has 17 heavy (non-hydrogen) atoms. The largest absolute Gasteiger partial charge is 0.285 e. The third-order valence-electron chi connectivity index (χ3n) is 1.85. The van der Waals surface area contributed by atoms with Crippen LogP contribution in [0.1, 0.15) is 15.9 Å². The van der Waals surface area contributed by atoms with Gasteiger partial charge in [0.25, 0.3) is 21.0 Å². The molecule has 1 aromatic rings. The van der Waals surface area contributed by atoms with Gasteiger partial charge in [-0.2, -0.15) is 8.42 Å². The fourth-order valence-corrected chi connectivity index (χ4v) is 2.02. The van der Waals surface area contributed by atoms with Gasteiger partial charge in [0.1, 0.15) is 5.75 Å². The lowest BCUT2D eigenvalue weighted by molar-refractivity contribution is -0.384. The predicted molar refractivity (Wildman–Crippen MR) is 58.5 cm³/mol. The molecular formula is C8H6ClNO6S. The Bertz CT molecular complexity index is 582. The predicted octanol–water partition coefficient (Wildman–Crippen LogP) is 1.36. The van der Waals surface area contributed by atoms with Crippen LogP contribution in [0.25, 0.3) is 0 Å². The van der Waals surface area contributed by atoms with Crippen LogP contribution in [-0.2, 0) is 15.9 Å². The zero-order valence-electron chi connectivity index (χ0n) is 8.16. The molecule has 0 bridgehead atoms. The third kappa shape index (κ3) is 3.77. The highest BCUT2D eigenvalue weighted by atomic mass is 35.5. The van der Waals surface area contributed by atoms with Crippen molar-refractivity contribution in [2.75, 3.05) is 0 Å². The first kappa shape index (κ1) is 13.6. The van der Waals surface area contributed by atoms with Crippen molar-refractivity contribution in [1.82, 2.24) is 0 Å². The molecule has 1 rings (SSSR count). The van der Waals surface area contributed by atoms with Gasteiger partial charge in [-0.05, 0) is 23.2 Å². The number of non-ortho nitro benzene ring substituents is 1. The lowest BCUT2D eigenvalue weighted by Crippen LogP contribution is -2.07. The Hall–Kier alpha value is -1.51. The Kier molecular flexibility index (Phi) is 3.81. The number of carbonyl (C=O) groups is 1. The maximum atomic E-state index is 11.0. The first-order chi connectivity index (χ1) is 7.70. The van der Waals surface area contributed by atoms with Gasteiger partial charge in [-0.15, -0.1) is 0 Å². The molecule has 0 heterocycles. The van der Waals surface area contributed by atoms with Crippen molar-refractivity contribution >= 4 is 32.6 Å². The minimum absolute atomic E-state index is 0.199. The van der Waals surface area contributed by atoms with Gasteiger partial charge < -0.3 is 0 Å². The molecule has 0 amide bonds. The molecular weight excluding hydrogens is 274 g/mol. The van der Waals surface area contributed by atoms with E-state index in [4.69, 9.17) is 16.2 Å². The number of nitrogens with zero attached hydrogens (tertiary/aromatic N) is 1. The Morgan fingerprint density at radius 1 is 1.47 bits per heavy atom. The van der Waals surface area contributed by atoms with Crippen molar-refractivity contribution in [3.05, 3.63) is 39.4 Å². The van der Waals surface area contributed by atoms with Crippen LogP contribution in [0.4, 0.5) is 5.69 Å². The van der Waals surface area contributed by atoms with E-state index in [2.05, 4.69) is 0 Å². The van der Waals surface area contributed by atoms with Crippen LogP contribution in [0.2, 0.25) is 0 Å². The summed E-state index contributed by atoms with van der Waals surface area (Å²) in [5.41, 5.74) is -0.818. The first-order valence-corrected chi connectivity index (χ1v) is 6.12. The molecule has 0 aliphatic carbocycles. The summed E-state index contributed by atoms with van der Waals surface area (Å²) in [6, 6.07) is 2.93. The number of carbonyl (C=O) groups excluding carboxylic acids is 1. The molecule has 92 valence electrons. The Morgan fingerprint density at radius 3 is 2.47 bits per heavy atom. The zero-order chi connectivity index (χ0) is 13.2. The quantitative estimate of drug-likeness (QED) is 0.385. The second-order valence-corrected chi connectivity index (χ2v) is 4.89. The van der Waals surface area contributed by atoms with Crippen LogP contribution in [-0.4, -0.2) is 23.1 Å². The van der Waals surface area contributed by atoms with Gasteiger partial charge in [-0.1, -0.05) is 0 Å². The number of hydrogen-bond donors (Lipinski definition) is 1. The normalized spacial score (nSPS) is 11.2. The van der Waals surface area contributed by atoms with Gasteiger partial charge in [0.05, 0.1) is 4.92 Å². The molecule has 0 radical (unpaired) electrons. The van der Waals surface area contributed by atoms with Gasteiger partial charge in [0.2, 0.25) is 0 Å². The highest BCUT2D eigenvalue weighted by molar-refractivity contribution is 7.85. The summed E-state index contributed by atoms with van der Waals surface area (Å²) in [6.07, 6.45) is 0. The molecule has 9 heteroatoms. The smallest absolute Gasteiger partial charge is 0.269 e. The topological polar surface area (TPSA) is 115 Å².